The maximum atomic E-state index is 11.3. The van der Waals surface area contributed by atoms with E-state index in [2.05, 4.69) is 11.2 Å². The van der Waals surface area contributed by atoms with Crippen molar-refractivity contribution in [1.29, 1.82) is 0 Å². The summed E-state index contributed by atoms with van der Waals surface area (Å²) in [5.41, 5.74) is 0. The van der Waals surface area contributed by atoms with Crippen LogP contribution in [0.5, 0.6) is 0 Å². The first kappa shape index (κ1) is 12.8. The van der Waals surface area contributed by atoms with Gasteiger partial charge in [0.2, 0.25) is 0 Å². The summed E-state index contributed by atoms with van der Waals surface area (Å²) >= 11 is 1.90. The van der Waals surface area contributed by atoms with E-state index in [0.29, 0.717) is 0 Å². The number of rotatable bonds is 5. The van der Waals surface area contributed by atoms with E-state index >= 15 is 0 Å². The molecule has 0 N–H and O–H groups in total. The Labute approximate surface area is 96.5 Å². The first-order chi connectivity index (χ1) is 7.27. The average molecular weight is 231 g/mol. The molecule has 1 heterocycles. The molecule has 1 rings (SSSR count). The summed E-state index contributed by atoms with van der Waals surface area (Å²) in [5.74, 6) is 1.35. The highest BCUT2D eigenvalue weighted by Crippen LogP contribution is 2.18. The Morgan fingerprint density at radius 3 is 2.67 bits per heavy atom. The molecule has 3 nitrogen and oxygen atoms in total. The van der Waals surface area contributed by atoms with Crippen LogP contribution >= 0.6 is 11.8 Å². The Bertz CT molecular complexity index is 191. The fraction of sp³-hybridized carbons (Fsp3) is 0.909. The molecule has 1 fully saturated rings. The van der Waals surface area contributed by atoms with Crippen molar-refractivity contribution in [3.8, 4) is 0 Å². The summed E-state index contributed by atoms with van der Waals surface area (Å²) in [6.07, 6.45) is 5.32. The summed E-state index contributed by atoms with van der Waals surface area (Å²) in [4.78, 5) is 13.7. The molecule has 0 bridgehead atoms. The lowest BCUT2D eigenvalue weighted by molar-refractivity contribution is -0.147. The Balaban J connectivity index is 2.15. The molecule has 1 aliphatic rings. The third kappa shape index (κ3) is 4.43. The van der Waals surface area contributed by atoms with Crippen LogP contribution in [-0.4, -0.2) is 49.6 Å². The number of hydrogen-bond acceptors (Lipinski definition) is 4. The average Bonchev–Trinajstić information content (AvgIpc) is 2.29. The van der Waals surface area contributed by atoms with E-state index in [0.717, 1.165) is 25.9 Å². The van der Waals surface area contributed by atoms with Crippen LogP contribution in [0, 0.1) is 5.92 Å². The highest BCUT2D eigenvalue weighted by atomic mass is 32.2. The van der Waals surface area contributed by atoms with Crippen LogP contribution in [-0.2, 0) is 9.53 Å². The minimum atomic E-state index is -0.0289. The monoisotopic (exact) mass is 231 g/mol. The van der Waals surface area contributed by atoms with Gasteiger partial charge in [0, 0.05) is 0 Å². The molecule has 0 aromatic carbocycles. The molecule has 15 heavy (non-hydrogen) atoms. The molecule has 88 valence electrons. The van der Waals surface area contributed by atoms with Gasteiger partial charge in [-0.15, -0.1) is 0 Å². The third-order valence-electron chi connectivity index (χ3n) is 2.94. The molecule has 0 aromatic rings. The van der Waals surface area contributed by atoms with Crippen LogP contribution < -0.4 is 0 Å². The fourth-order valence-electron chi connectivity index (χ4n) is 1.99. The molecule has 0 radical (unpaired) electrons. The van der Waals surface area contributed by atoms with Crippen LogP contribution in [0.2, 0.25) is 0 Å². The fourth-order valence-corrected chi connectivity index (χ4v) is 2.41. The van der Waals surface area contributed by atoms with Gasteiger partial charge < -0.3 is 9.64 Å². The number of likely N-dealkylation sites (tertiary alicyclic amines) is 1. The molecule has 0 aliphatic carbocycles. The van der Waals surface area contributed by atoms with Crippen molar-refractivity contribution in [3.05, 3.63) is 0 Å². The van der Waals surface area contributed by atoms with E-state index in [-0.39, 0.29) is 11.9 Å². The highest BCUT2D eigenvalue weighted by Gasteiger charge is 2.24. The van der Waals surface area contributed by atoms with Gasteiger partial charge in [-0.3, -0.25) is 4.79 Å². The molecule has 1 aliphatic heterocycles. The van der Waals surface area contributed by atoms with Gasteiger partial charge in [0.1, 0.15) is 0 Å². The van der Waals surface area contributed by atoms with Crippen molar-refractivity contribution < 1.29 is 9.53 Å². The molecule has 0 amide bonds. The van der Waals surface area contributed by atoms with Gasteiger partial charge in [-0.2, -0.15) is 11.8 Å². The molecule has 4 heteroatoms. The van der Waals surface area contributed by atoms with Gasteiger partial charge >= 0.3 is 5.97 Å². The predicted molar refractivity (Wildman–Crippen MR) is 64.2 cm³/mol. The van der Waals surface area contributed by atoms with Gasteiger partial charge in [-0.05, 0) is 50.9 Å². The van der Waals surface area contributed by atoms with Crippen LogP contribution in [0.1, 0.15) is 19.3 Å². The number of ether oxygens (including phenoxy) is 1. The number of carbonyl (C=O) groups excluding carboxylic acids is 1. The van der Waals surface area contributed by atoms with Crippen molar-refractivity contribution in [1.82, 2.24) is 4.90 Å². The first-order valence-corrected chi connectivity index (χ1v) is 6.96. The minimum Gasteiger partial charge on any atom is -0.469 e. The first-order valence-electron chi connectivity index (χ1n) is 5.57. The van der Waals surface area contributed by atoms with Gasteiger partial charge in [0.25, 0.3) is 0 Å². The standard InChI is InChI=1S/C11H21NO2S/c1-14-11(13)10-4-7-12(8-5-10)6-3-9-15-2/h10H,3-9H2,1-2H3. The van der Waals surface area contributed by atoms with Crippen LogP contribution in [0.15, 0.2) is 0 Å². The zero-order valence-corrected chi connectivity index (χ0v) is 10.5. The Hall–Kier alpha value is -0.220. The molecule has 0 spiro atoms. The summed E-state index contributed by atoms with van der Waals surface area (Å²) in [5, 5.41) is 0. The van der Waals surface area contributed by atoms with E-state index in [1.165, 1.54) is 25.8 Å². The predicted octanol–water partition coefficient (Wildman–Crippen LogP) is 1.62. The second-order valence-corrected chi connectivity index (χ2v) is 4.97. The number of methoxy groups -OCH3 is 1. The number of carbonyl (C=O) groups is 1. The molecule has 0 unspecified atom stereocenters. The van der Waals surface area contributed by atoms with Crippen molar-refractivity contribution in [2.24, 2.45) is 5.92 Å². The second-order valence-electron chi connectivity index (χ2n) is 3.99. The highest BCUT2D eigenvalue weighted by molar-refractivity contribution is 7.98. The third-order valence-corrected chi connectivity index (χ3v) is 3.64. The zero-order chi connectivity index (χ0) is 11.1. The summed E-state index contributed by atoms with van der Waals surface area (Å²) < 4.78 is 4.76. The summed E-state index contributed by atoms with van der Waals surface area (Å²) in [6.45, 7) is 3.27. The summed E-state index contributed by atoms with van der Waals surface area (Å²) in [6, 6.07) is 0. The minimum absolute atomic E-state index is 0.0289. The van der Waals surface area contributed by atoms with Gasteiger partial charge in [-0.1, -0.05) is 0 Å². The van der Waals surface area contributed by atoms with E-state index in [1.54, 1.807) is 0 Å². The Morgan fingerprint density at radius 2 is 2.13 bits per heavy atom. The smallest absolute Gasteiger partial charge is 0.308 e. The van der Waals surface area contributed by atoms with Crippen LogP contribution in [0.4, 0.5) is 0 Å². The molecule has 0 atom stereocenters. The van der Waals surface area contributed by atoms with Gasteiger partial charge in [0.05, 0.1) is 13.0 Å². The molecule has 1 saturated heterocycles. The quantitative estimate of drug-likeness (QED) is 0.531. The maximum Gasteiger partial charge on any atom is 0.308 e. The van der Waals surface area contributed by atoms with E-state index < -0.39 is 0 Å². The van der Waals surface area contributed by atoms with Gasteiger partial charge in [0.15, 0.2) is 0 Å². The molecule has 0 saturated carbocycles. The van der Waals surface area contributed by atoms with Crippen molar-refractivity contribution in [2.45, 2.75) is 19.3 Å². The van der Waals surface area contributed by atoms with Crippen molar-refractivity contribution in [3.63, 3.8) is 0 Å². The van der Waals surface area contributed by atoms with E-state index in [4.69, 9.17) is 4.74 Å². The Morgan fingerprint density at radius 1 is 1.47 bits per heavy atom. The van der Waals surface area contributed by atoms with E-state index in [1.807, 2.05) is 11.8 Å². The number of esters is 1. The van der Waals surface area contributed by atoms with E-state index in [9.17, 15) is 4.79 Å². The molecular weight excluding hydrogens is 210 g/mol. The number of hydrogen-bond donors (Lipinski definition) is 0. The topological polar surface area (TPSA) is 29.5 Å². The van der Waals surface area contributed by atoms with Crippen LogP contribution in [0.3, 0.4) is 0 Å². The summed E-state index contributed by atoms with van der Waals surface area (Å²) in [7, 11) is 1.48. The van der Waals surface area contributed by atoms with Gasteiger partial charge in [-0.25, -0.2) is 0 Å². The van der Waals surface area contributed by atoms with Crippen molar-refractivity contribution >= 4 is 17.7 Å². The maximum absolute atomic E-state index is 11.3. The molecular formula is C11H21NO2S. The normalized spacial score (nSPS) is 19.1. The number of piperidine rings is 1. The lowest BCUT2D eigenvalue weighted by atomic mass is 9.97. The lowest BCUT2D eigenvalue weighted by Gasteiger charge is -2.30. The second kappa shape index (κ2) is 7.12. The largest absolute Gasteiger partial charge is 0.469 e. The SMILES string of the molecule is COC(=O)C1CCN(CCCSC)CC1. The Kier molecular flexibility index (Phi) is 6.10. The van der Waals surface area contributed by atoms with Crippen LogP contribution in [0.25, 0.3) is 0 Å². The number of thioether (sulfide) groups is 1. The zero-order valence-electron chi connectivity index (χ0n) is 9.70. The number of nitrogens with zero attached hydrogens (tertiary/aromatic N) is 1. The lowest BCUT2D eigenvalue weighted by Crippen LogP contribution is -2.37. The molecule has 0 aromatic heterocycles. The van der Waals surface area contributed by atoms with Crippen molar-refractivity contribution in [2.75, 3.05) is 38.8 Å².